The molecule has 12 heavy (non-hydrogen) atoms. The van der Waals surface area contributed by atoms with Crippen molar-refractivity contribution in [3.63, 3.8) is 0 Å². The van der Waals surface area contributed by atoms with Gasteiger partial charge in [-0.1, -0.05) is 26.1 Å². The van der Waals surface area contributed by atoms with Crippen LogP contribution in [0, 0.1) is 11.3 Å². The summed E-state index contributed by atoms with van der Waals surface area (Å²) < 4.78 is 0. The Labute approximate surface area is 80.7 Å². The normalized spacial score (nSPS) is 23.8. The molecule has 0 aromatic rings. The Balaban J connectivity index is 2.31. The van der Waals surface area contributed by atoms with E-state index in [2.05, 4.69) is 13.8 Å². The first-order valence-electron chi connectivity index (χ1n) is 4.78. The molecule has 2 heteroatoms. The minimum atomic E-state index is 0.562. The Morgan fingerprint density at radius 2 is 1.92 bits per heavy atom. The Morgan fingerprint density at radius 1 is 1.42 bits per heavy atom. The highest BCUT2D eigenvalue weighted by Crippen LogP contribution is 2.38. The quantitative estimate of drug-likeness (QED) is 0.669. The third-order valence-electron chi connectivity index (χ3n) is 2.95. The molecule has 0 bridgehead atoms. The Kier molecular flexibility index (Phi) is 3.10. The molecule has 0 aromatic heterocycles. The maximum absolute atomic E-state index is 5.52. The lowest BCUT2D eigenvalue weighted by Gasteiger charge is -2.34. The predicted octanol–water partition coefficient (Wildman–Crippen LogP) is 2.88. The molecule has 0 amide bonds. The van der Waals surface area contributed by atoms with Gasteiger partial charge in [0.2, 0.25) is 0 Å². The van der Waals surface area contributed by atoms with Crippen molar-refractivity contribution in [1.29, 1.82) is 0 Å². The predicted molar refractivity (Wildman–Crippen MR) is 57.1 cm³/mol. The molecule has 0 saturated heterocycles. The van der Waals surface area contributed by atoms with Gasteiger partial charge in [-0.25, -0.2) is 0 Å². The number of hydrogen-bond donors (Lipinski definition) is 1. The Morgan fingerprint density at radius 3 is 2.33 bits per heavy atom. The minimum Gasteiger partial charge on any atom is -0.393 e. The summed E-state index contributed by atoms with van der Waals surface area (Å²) in [5, 5.41) is 0. The van der Waals surface area contributed by atoms with Gasteiger partial charge in [-0.3, -0.25) is 0 Å². The number of nitrogens with two attached hydrogens (primary N) is 1. The van der Waals surface area contributed by atoms with Crippen LogP contribution in [0.3, 0.4) is 0 Å². The second kappa shape index (κ2) is 3.73. The average Bonchev–Trinajstić information content (AvgIpc) is 1.93. The van der Waals surface area contributed by atoms with E-state index in [4.69, 9.17) is 18.0 Å². The van der Waals surface area contributed by atoms with Crippen molar-refractivity contribution in [3.8, 4) is 0 Å². The summed E-state index contributed by atoms with van der Waals surface area (Å²) in [5.41, 5.74) is 6.08. The lowest BCUT2D eigenvalue weighted by Crippen LogP contribution is -2.24. The Bertz CT molecular complexity index is 165. The third-order valence-corrected chi connectivity index (χ3v) is 3.12. The van der Waals surface area contributed by atoms with Crippen LogP contribution in [0.25, 0.3) is 0 Å². The number of rotatable bonds is 2. The van der Waals surface area contributed by atoms with E-state index in [1.54, 1.807) is 0 Å². The molecule has 1 fully saturated rings. The molecule has 0 radical (unpaired) electrons. The van der Waals surface area contributed by atoms with E-state index in [0.29, 0.717) is 10.4 Å². The van der Waals surface area contributed by atoms with Crippen LogP contribution in [0.2, 0.25) is 0 Å². The largest absolute Gasteiger partial charge is 0.393 e. The topological polar surface area (TPSA) is 26.0 Å². The van der Waals surface area contributed by atoms with Crippen LogP contribution in [-0.4, -0.2) is 4.99 Å². The summed E-state index contributed by atoms with van der Waals surface area (Å²) in [7, 11) is 0. The zero-order valence-electron chi connectivity index (χ0n) is 8.10. The molecular weight excluding hydrogens is 166 g/mol. The van der Waals surface area contributed by atoms with Gasteiger partial charge in [0.05, 0.1) is 4.99 Å². The van der Waals surface area contributed by atoms with Crippen molar-refractivity contribution in [2.45, 2.75) is 46.0 Å². The smallest absolute Gasteiger partial charge is 0.0730 e. The van der Waals surface area contributed by atoms with Gasteiger partial charge in [0.1, 0.15) is 0 Å². The van der Waals surface area contributed by atoms with Gasteiger partial charge in [0.25, 0.3) is 0 Å². The van der Waals surface area contributed by atoms with Gasteiger partial charge in [-0.15, -0.1) is 0 Å². The second-order valence-corrected chi connectivity index (χ2v) is 5.30. The van der Waals surface area contributed by atoms with Crippen LogP contribution in [0.15, 0.2) is 0 Å². The minimum absolute atomic E-state index is 0.562. The molecule has 0 aliphatic heterocycles. The van der Waals surface area contributed by atoms with Crippen LogP contribution >= 0.6 is 12.2 Å². The van der Waals surface area contributed by atoms with E-state index in [-0.39, 0.29) is 0 Å². The van der Waals surface area contributed by atoms with E-state index in [9.17, 15) is 0 Å². The fourth-order valence-corrected chi connectivity index (χ4v) is 2.18. The molecular formula is C10H19NS. The molecule has 0 heterocycles. The van der Waals surface area contributed by atoms with Crippen LogP contribution in [0.1, 0.15) is 46.0 Å². The molecule has 1 saturated carbocycles. The SMILES string of the molecule is CC1(C)CCC(CC(N)=S)CC1. The summed E-state index contributed by atoms with van der Waals surface area (Å²) in [4.78, 5) is 0.694. The molecule has 1 nitrogen and oxygen atoms in total. The molecule has 70 valence electrons. The standard InChI is InChI=1S/C10H19NS/c1-10(2)5-3-8(4-6-10)7-9(11)12/h8H,3-7H2,1-2H3,(H2,11,12). The lowest BCUT2D eigenvalue weighted by atomic mass is 9.72. The summed E-state index contributed by atoms with van der Waals surface area (Å²) in [6.45, 7) is 4.70. The van der Waals surface area contributed by atoms with Crippen LogP contribution < -0.4 is 5.73 Å². The van der Waals surface area contributed by atoms with E-state index < -0.39 is 0 Å². The first-order valence-corrected chi connectivity index (χ1v) is 5.19. The lowest BCUT2D eigenvalue weighted by molar-refractivity contribution is 0.195. The van der Waals surface area contributed by atoms with E-state index >= 15 is 0 Å². The molecule has 1 aliphatic carbocycles. The maximum atomic E-state index is 5.52. The molecule has 0 unspecified atom stereocenters. The van der Waals surface area contributed by atoms with Crippen molar-refractivity contribution in [2.24, 2.45) is 17.1 Å². The number of hydrogen-bond acceptors (Lipinski definition) is 1. The van der Waals surface area contributed by atoms with Crippen LogP contribution in [0.4, 0.5) is 0 Å². The Hall–Kier alpha value is -0.110. The van der Waals surface area contributed by atoms with Crippen molar-refractivity contribution in [1.82, 2.24) is 0 Å². The van der Waals surface area contributed by atoms with Gasteiger partial charge < -0.3 is 5.73 Å². The highest BCUT2D eigenvalue weighted by atomic mass is 32.1. The van der Waals surface area contributed by atoms with Crippen LogP contribution in [-0.2, 0) is 0 Å². The van der Waals surface area contributed by atoms with Crippen molar-refractivity contribution >= 4 is 17.2 Å². The van der Waals surface area contributed by atoms with Crippen molar-refractivity contribution < 1.29 is 0 Å². The molecule has 0 atom stereocenters. The van der Waals surface area contributed by atoms with E-state index in [1.165, 1.54) is 25.7 Å². The summed E-state index contributed by atoms with van der Waals surface area (Å²) in [5.74, 6) is 0.774. The van der Waals surface area contributed by atoms with Crippen LogP contribution in [0.5, 0.6) is 0 Å². The second-order valence-electron chi connectivity index (χ2n) is 4.78. The fraction of sp³-hybridized carbons (Fsp3) is 0.900. The van der Waals surface area contributed by atoms with Crippen molar-refractivity contribution in [2.75, 3.05) is 0 Å². The zero-order valence-corrected chi connectivity index (χ0v) is 8.91. The fourth-order valence-electron chi connectivity index (χ4n) is 1.95. The van der Waals surface area contributed by atoms with E-state index in [0.717, 1.165) is 12.3 Å². The van der Waals surface area contributed by atoms with E-state index in [1.807, 2.05) is 0 Å². The zero-order chi connectivity index (χ0) is 9.19. The van der Waals surface area contributed by atoms with Crippen molar-refractivity contribution in [3.05, 3.63) is 0 Å². The third kappa shape index (κ3) is 3.10. The molecule has 1 aliphatic rings. The average molecular weight is 185 g/mol. The molecule has 2 N–H and O–H groups in total. The highest BCUT2D eigenvalue weighted by molar-refractivity contribution is 7.80. The van der Waals surface area contributed by atoms with Gasteiger partial charge in [0.15, 0.2) is 0 Å². The number of thiocarbonyl (C=S) groups is 1. The molecule has 1 rings (SSSR count). The first kappa shape index (κ1) is 9.97. The highest BCUT2D eigenvalue weighted by Gasteiger charge is 2.26. The summed E-state index contributed by atoms with van der Waals surface area (Å²) in [6, 6.07) is 0. The monoisotopic (exact) mass is 185 g/mol. The maximum Gasteiger partial charge on any atom is 0.0730 e. The van der Waals surface area contributed by atoms with Gasteiger partial charge in [-0.2, -0.15) is 0 Å². The summed E-state index contributed by atoms with van der Waals surface area (Å²) in [6.07, 6.45) is 6.25. The van der Waals surface area contributed by atoms with Gasteiger partial charge >= 0.3 is 0 Å². The van der Waals surface area contributed by atoms with Gasteiger partial charge in [-0.05, 0) is 37.0 Å². The molecule has 0 spiro atoms. The first-order chi connectivity index (χ1) is 5.49. The summed E-state index contributed by atoms with van der Waals surface area (Å²) >= 11 is 4.91. The molecule has 0 aromatic carbocycles. The van der Waals surface area contributed by atoms with Gasteiger partial charge in [0, 0.05) is 6.42 Å².